The van der Waals surface area contributed by atoms with E-state index in [-0.39, 0.29) is 11.7 Å². The van der Waals surface area contributed by atoms with Gasteiger partial charge in [0.2, 0.25) is 0 Å². The highest BCUT2D eigenvalue weighted by atomic mass is 19.1. The van der Waals surface area contributed by atoms with Crippen LogP contribution in [0.5, 0.6) is 5.75 Å². The molecule has 0 saturated heterocycles. The number of carboxylic acids is 1. The van der Waals surface area contributed by atoms with Crippen LogP contribution in [-0.4, -0.2) is 24.7 Å². The lowest BCUT2D eigenvalue weighted by molar-refractivity contribution is -0.131. The van der Waals surface area contributed by atoms with Gasteiger partial charge in [-0.3, -0.25) is 0 Å². The summed E-state index contributed by atoms with van der Waals surface area (Å²) in [4.78, 5) is 13.0. The number of carboxylic acid groups (broad SMARTS) is 1. The summed E-state index contributed by atoms with van der Waals surface area (Å²) in [5, 5.41) is 8.93. The van der Waals surface area contributed by atoms with Crippen molar-refractivity contribution >= 4 is 17.7 Å². The number of methoxy groups -OCH3 is 1. The molecule has 4 nitrogen and oxygen atoms in total. The molecule has 4 rings (SSSR count). The third-order valence-corrected chi connectivity index (χ3v) is 6.80. The van der Waals surface area contributed by atoms with E-state index in [9.17, 15) is 4.79 Å². The summed E-state index contributed by atoms with van der Waals surface area (Å²) in [6.45, 7) is 6.89. The molecular formula is C29H30FNO3. The Morgan fingerprint density at radius 3 is 2.47 bits per heavy atom. The molecule has 1 aliphatic rings. The smallest absolute Gasteiger partial charge is 0.328 e. The highest BCUT2D eigenvalue weighted by Crippen LogP contribution is 2.45. The summed E-state index contributed by atoms with van der Waals surface area (Å²) < 4.78 is 20.9. The van der Waals surface area contributed by atoms with Gasteiger partial charge in [0.15, 0.2) is 0 Å². The SMILES string of the molecule is COc1ccc2c(c1)CCN(c1ccc(C(C)C)cc1F)C2(C)c1ccc(/C=C/C(=O)O)cc1. The van der Waals surface area contributed by atoms with E-state index in [2.05, 4.69) is 37.8 Å². The van der Waals surface area contributed by atoms with Crippen molar-refractivity contribution in [2.75, 3.05) is 18.6 Å². The summed E-state index contributed by atoms with van der Waals surface area (Å²) in [5.74, 6) is -0.167. The van der Waals surface area contributed by atoms with E-state index < -0.39 is 11.5 Å². The first-order chi connectivity index (χ1) is 16.2. The number of ether oxygens (including phenoxy) is 1. The van der Waals surface area contributed by atoms with Gasteiger partial charge in [-0.1, -0.05) is 50.2 Å². The first kappa shape index (κ1) is 23.6. The number of fused-ring (bicyclic) bond motifs is 1. The van der Waals surface area contributed by atoms with E-state index >= 15 is 4.39 Å². The predicted octanol–water partition coefficient (Wildman–Crippen LogP) is 6.38. The fourth-order valence-corrected chi connectivity index (χ4v) is 4.84. The summed E-state index contributed by atoms with van der Waals surface area (Å²) in [7, 11) is 1.66. The Balaban J connectivity index is 1.86. The van der Waals surface area contributed by atoms with E-state index in [4.69, 9.17) is 9.84 Å². The zero-order valence-corrected chi connectivity index (χ0v) is 20.0. The van der Waals surface area contributed by atoms with Crippen molar-refractivity contribution in [3.63, 3.8) is 0 Å². The van der Waals surface area contributed by atoms with Crippen LogP contribution in [0.4, 0.5) is 10.1 Å². The number of aliphatic carboxylic acids is 1. The Kier molecular flexibility index (Phi) is 6.47. The van der Waals surface area contributed by atoms with Crippen LogP contribution < -0.4 is 9.64 Å². The maximum absolute atomic E-state index is 15.5. The molecule has 176 valence electrons. The Labute approximate surface area is 200 Å². The lowest BCUT2D eigenvalue weighted by Gasteiger charge is -2.48. The van der Waals surface area contributed by atoms with Crippen molar-refractivity contribution in [2.45, 2.75) is 38.6 Å². The molecule has 3 aromatic rings. The standard InChI is InChI=1S/C29H30FNO3/c1-19(2)21-8-13-27(26(30)18-21)31-16-15-22-17-24(34-4)11-12-25(22)29(31,3)23-9-5-20(6-10-23)7-14-28(32)33/h5-14,17-19H,15-16H2,1-4H3,(H,32,33)/b14-7+. The van der Waals surface area contributed by atoms with Crippen molar-refractivity contribution in [1.29, 1.82) is 0 Å². The van der Waals surface area contributed by atoms with E-state index in [0.29, 0.717) is 12.2 Å². The highest BCUT2D eigenvalue weighted by molar-refractivity contribution is 5.85. The van der Waals surface area contributed by atoms with E-state index in [1.54, 1.807) is 19.3 Å². The van der Waals surface area contributed by atoms with Crippen LogP contribution in [-0.2, 0) is 16.8 Å². The van der Waals surface area contributed by atoms with E-state index in [0.717, 1.165) is 40.5 Å². The molecule has 1 N–H and O–H groups in total. The number of hydrogen-bond donors (Lipinski definition) is 1. The van der Waals surface area contributed by atoms with Gasteiger partial charge in [0.05, 0.1) is 18.3 Å². The second-order valence-corrected chi connectivity index (χ2v) is 9.16. The second kappa shape index (κ2) is 9.34. The average molecular weight is 460 g/mol. The fourth-order valence-electron chi connectivity index (χ4n) is 4.84. The number of hydrogen-bond acceptors (Lipinski definition) is 3. The summed E-state index contributed by atoms with van der Waals surface area (Å²) in [5.41, 5.74) is 4.98. The number of rotatable bonds is 6. The molecule has 0 bridgehead atoms. The molecule has 1 unspecified atom stereocenters. The molecule has 0 aromatic heterocycles. The van der Waals surface area contributed by atoms with Gasteiger partial charge in [0.25, 0.3) is 0 Å². The largest absolute Gasteiger partial charge is 0.497 e. The second-order valence-electron chi connectivity index (χ2n) is 9.16. The van der Waals surface area contributed by atoms with Gasteiger partial charge < -0.3 is 14.7 Å². The van der Waals surface area contributed by atoms with E-state index in [1.165, 1.54) is 5.56 Å². The van der Waals surface area contributed by atoms with Gasteiger partial charge in [0, 0.05) is 12.6 Å². The molecule has 0 radical (unpaired) electrons. The minimum atomic E-state index is -0.988. The number of halogens is 1. The predicted molar refractivity (Wildman–Crippen MR) is 134 cm³/mol. The zero-order valence-electron chi connectivity index (χ0n) is 20.0. The van der Waals surface area contributed by atoms with Crippen LogP contribution >= 0.6 is 0 Å². The normalized spacial score (nSPS) is 17.8. The molecule has 34 heavy (non-hydrogen) atoms. The average Bonchev–Trinajstić information content (AvgIpc) is 2.83. The Morgan fingerprint density at radius 2 is 1.85 bits per heavy atom. The molecule has 0 saturated carbocycles. The van der Waals surface area contributed by atoms with Gasteiger partial charge in [0.1, 0.15) is 11.6 Å². The minimum absolute atomic E-state index is 0.226. The van der Waals surface area contributed by atoms with Gasteiger partial charge in [-0.2, -0.15) is 0 Å². The molecule has 0 amide bonds. The first-order valence-electron chi connectivity index (χ1n) is 11.5. The molecule has 0 spiro atoms. The van der Waals surface area contributed by atoms with Crippen LogP contribution in [0.2, 0.25) is 0 Å². The quantitative estimate of drug-likeness (QED) is 0.435. The molecule has 0 aliphatic carbocycles. The maximum atomic E-state index is 15.5. The number of anilines is 1. The van der Waals surface area contributed by atoms with Crippen molar-refractivity contribution in [3.05, 3.63) is 100 Å². The van der Waals surface area contributed by atoms with Crippen LogP contribution in [0.15, 0.2) is 66.7 Å². The number of carbonyl (C=O) groups is 1. The Morgan fingerprint density at radius 1 is 1.12 bits per heavy atom. The third kappa shape index (κ3) is 4.30. The van der Waals surface area contributed by atoms with E-state index in [1.807, 2.05) is 42.5 Å². The molecule has 0 fully saturated rings. The van der Waals surface area contributed by atoms with Crippen LogP contribution in [0.3, 0.4) is 0 Å². The van der Waals surface area contributed by atoms with Gasteiger partial charge >= 0.3 is 5.97 Å². The third-order valence-electron chi connectivity index (χ3n) is 6.80. The minimum Gasteiger partial charge on any atom is -0.497 e. The van der Waals surface area contributed by atoms with Gasteiger partial charge in [-0.05, 0) is 77.4 Å². The lowest BCUT2D eigenvalue weighted by Crippen LogP contribution is -2.50. The molecular weight excluding hydrogens is 429 g/mol. The number of benzene rings is 3. The summed E-state index contributed by atoms with van der Waals surface area (Å²) >= 11 is 0. The Bertz CT molecular complexity index is 1230. The molecule has 1 aliphatic heterocycles. The van der Waals surface area contributed by atoms with Crippen LogP contribution in [0, 0.1) is 5.82 Å². The molecule has 1 heterocycles. The molecule has 3 aromatic carbocycles. The maximum Gasteiger partial charge on any atom is 0.328 e. The first-order valence-corrected chi connectivity index (χ1v) is 11.5. The van der Waals surface area contributed by atoms with Gasteiger partial charge in [-0.25, -0.2) is 9.18 Å². The lowest BCUT2D eigenvalue weighted by atomic mass is 9.76. The molecule has 5 heteroatoms. The van der Waals surface area contributed by atoms with Crippen molar-refractivity contribution in [3.8, 4) is 5.75 Å². The fraction of sp³-hybridized carbons (Fsp3) is 0.276. The summed E-state index contributed by atoms with van der Waals surface area (Å²) in [6, 6.07) is 19.4. The van der Waals surface area contributed by atoms with Crippen molar-refractivity contribution in [1.82, 2.24) is 0 Å². The highest BCUT2D eigenvalue weighted by Gasteiger charge is 2.41. The Hall–Kier alpha value is -3.60. The van der Waals surface area contributed by atoms with Gasteiger partial charge in [-0.15, -0.1) is 0 Å². The van der Waals surface area contributed by atoms with Crippen molar-refractivity contribution < 1.29 is 19.0 Å². The molecule has 1 atom stereocenters. The van der Waals surface area contributed by atoms with Crippen molar-refractivity contribution in [2.24, 2.45) is 0 Å². The zero-order chi connectivity index (χ0) is 24.5. The number of nitrogens with zero attached hydrogens (tertiary/aromatic N) is 1. The monoisotopic (exact) mass is 459 g/mol. The topological polar surface area (TPSA) is 49.8 Å². The summed E-state index contributed by atoms with van der Waals surface area (Å²) in [6.07, 6.45) is 3.46. The van der Waals surface area contributed by atoms with Crippen LogP contribution in [0.25, 0.3) is 6.08 Å². The van der Waals surface area contributed by atoms with Crippen LogP contribution in [0.1, 0.15) is 54.5 Å².